The topological polar surface area (TPSA) is 0 Å². The van der Waals surface area contributed by atoms with Gasteiger partial charge in [0, 0.05) is 0 Å². The van der Waals surface area contributed by atoms with Crippen LogP contribution in [0.1, 0.15) is 53.5 Å². The van der Waals surface area contributed by atoms with Gasteiger partial charge in [-0.1, -0.05) is 106 Å². The maximum atomic E-state index is 2.36. The highest BCUT2D eigenvalue weighted by Crippen LogP contribution is 2.37. The van der Waals surface area contributed by atoms with E-state index >= 15 is 0 Å². The zero-order chi connectivity index (χ0) is 17.5. The Balaban J connectivity index is 1.96. The highest BCUT2D eigenvalue weighted by molar-refractivity contribution is 8.49. The van der Waals surface area contributed by atoms with Crippen LogP contribution in [-0.2, 0) is 5.41 Å². The summed E-state index contributed by atoms with van der Waals surface area (Å²) in [5.74, 6) is 1.02. The second-order valence-corrected chi connectivity index (χ2v) is 9.97. The van der Waals surface area contributed by atoms with E-state index in [9.17, 15) is 0 Å². The quantitative estimate of drug-likeness (QED) is 0.757. The van der Waals surface area contributed by atoms with Gasteiger partial charge in [-0.15, -0.1) is 0 Å². The average Bonchev–Trinajstić information content (AvgIpc) is 2.95. The molecule has 0 saturated carbocycles. The lowest BCUT2D eigenvalue weighted by Crippen LogP contribution is -2.43. The summed E-state index contributed by atoms with van der Waals surface area (Å²) in [7, 11) is 0. The van der Waals surface area contributed by atoms with Crippen LogP contribution in [-0.4, -0.2) is 12.0 Å². The molecule has 0 aliphatic carbocycles. The Morgan fingerprint density at radius 2 is 1.42 bits per heavy atom. The Morgan fingerprint density at radius 3 is 1.96 bits per heavy atom. The summed E-state index contributed by atoms with van der Waals surface area (Å²) >= 11 is 2.12. The molecule has 0 aromatic heterocycles. The minimum atomic E-state index is 0.257. The van der Waals surface area contributed by atoms with Crippen molar-refractivity contribution in [2.75, 3.05) is 0 Å². The Morgan fingerprint density at radius 1 is 0.833 bits per heavy atom. The van der Waals surface area contributed by atoms with Crippen LogP contribution in [0.5, 0.6) is 0 Å². The van der Waals surface area contributed by atoms with Gasteiger partial charge in [-0.05, 0) is 22.7 Å². The van der Waals surface area contributed by atoms with Crippen molar-refractivity contribution in [2.45, 2.75) is 58.7 Å². The third-order valence-electron chi connectivity index (χ3n) is 5.50. The van der Waals surface area contributed by atoms with Crippen molar-refractivity contribution in [2.24, 2.45) is 0 Å². The van der Waals surface area contributed by atoms with E-state index in [0.29, 0.717) is 12.0 Å². The van der Waals surface area contributed by atoms with Crippen LogP contribution < -0.4 is 16.4 Å². The first kappa shape index (κ1) is 17.7. The molecule has 0 atom stereocenters. The van der Waals surface area contributed by atoms with Crippen molar-refractivity contribution < 1.29 is 0 Å². The van der Waals surface area contributed by atoms with E-state index in [1.54, 1.807) is 0 Å². The standard InChI is InChI=1S/C21H28B2S/c1-7-21(5,6)16-12-14-17(15-13-16)22-18-10-8-9-11-19(18)23(24-22)20(2,3)4/h8-15H,7H2,1-6H3. The van der Waals surface area contributed by atoms with Gasteiger partial charge in [-0.2, -0.15) is 0 Å². The lowest BCUT2D eigenvalue weighted by Gasteiger charge is -2.25. The van der Waals surface area contributed by atoms with Gasteiger partial charge in [-0.25, -0.2) is 11.5 Å². The molecule has 0 fully saturated rings. The van der Waals surface area contributed by atoms with Crippen molar-refractivity contribution in [3.8, 4) is 0 Å². The predicted molar refractivity (Wildman–Crippen MR) is 114 cm³/mol. The van der Waals surface area contributed by atoms with Gasteiger partial charge in [0.2, 0.25) is 5.99 Å². The van der Waals surface area contributed by atoms with E-state index < -0.39 is 0 Å². The summed E-state index contributed by atoms with van der Waals surface area (Å²) in [5.41, 5.74) is 6.17. The van der Waals surface area contributed by atoms with Gasteiger partial charge in [0.1, 0.15) is 0 Å². The molecule has 3 heteroatoms. The summed E-state index contributed by atoms with van der Waals surface area (Å²) < 4.78 is 0. The van der Waals surface area contributed by atoms with Crippen LogP contribution in [0.3, 0.4) is 0 Å². The van der Waals surface area contributed by atoms with E-state index in [2.05, 4.69) is 102 Å². The van der Waals surface area contributed by atoms with Crippen LogP contribution >= 0.6 is 11.5 Å². The first-order chi connectivity index (χ1) is 11.2. The number of fused-ring (bicyclic) bond motifs is 1. The summed E-state index contributed by atoms with van der Waals surface area (Å²) in [6.07, 6.45) is 1.17. The third-order valence-corrected chi connectivity index (χ3v) is 7.53. The zero-order valence-electron chi connectivity index (χ0n) is 15.9. The first-order valence-electron chi connectivity index (χ1n) is 9.09. The number of hydrogen-bond acceptors (Lipinski definition) is 1. The second kappa shape index (κ2) is 6.33. The Labute approximate surface area is 152 Å². The lowest BCUT2D eigenvalue weighted by molar-refractivity contribution is 0.506. The molecular formula is C21H28B2S. The Hall–Kier alpha value is -1.08. The fourth-order valence-corrected chi connectivity index (χ4v) is 5.23. The van der Waals surface area contributed by atoms with Gasteiger partial charge in [-0.3, -0.25) is 0 Å². The van der Waals surface area contributed by atoms with Crippen LogP contribution in [0, 0.1) is 0 Å². The van der Waals surface area contributed by atoms with Crippen LogP contribution in [0.2, 0.25) is 5.31 Å². The molecule has 24 heavy (non-hydrogen) atoms. The maximum Gasteiger partial charge on any atom is 0.263 e. The van der Waals surface area contributed by atoms with Crippen molar-refractivity contribution in [1.82, 2.24) is 0 Å². The largest absolute Gasteiger partial charge is 0.263 e. The predicted octanol–water partition coefficient (Wildman–Crippen LogP) is 4.23. The SMILES string of the molecule is CCC(C)(C)c1ccc(B2SB(C(C)(C)C)c3ccccc32)cc1. The van der Waals surface area contributed by atoms with Crippen LogP contribution in [0.25, 0.3) is 0 Å². The van der Waals surface area contributed by atoms with Gasteiger partial charge < -0.3 is 0 Å². The lowest BCUT2D eigenvalue weighted by atomic mass is 9.46. The average molecular weight is 334 g/mol. The molecule has 1 heterocycles. The van der Waals surface area contributed by atoms with Crippen molar-refractivity contribution in [1.29, 1.82) is 0 Å². The molecule has 3 rings (SSSR count). The molecule has 1 aliphatic rings. The zero-order valence-corrected chi connectivity index (χ0v) is 16.7. The highest BCUT2D eigenvalue weighted by atomic mass is 32.2. The Kier molecular flexibility index (Phi) is 4.68. The fraction of sp³-hybridized carbons (Fsp3) is 0.429. The molecular weight excluding hydrogens is 306 g/mol. The Bertz CT molecular complexity index is 713. The normalized spacial score (nSPS) is 14.9. The minimum Gasteiger partial charge on any atom is -0.238 e. The van der Waals surface area contributed by atoms with E-state index in [-0.39, 0.29) is 10.7 Å². The highest BCUT2D eigenvalue weighted by Gasteiger charge is 2.43. The van der Waals surface area contributed by atoms with Crippen molar-refractivity contribution >= 4 is 39.8 Å². The smallest absolute Gasteiger partial charge is 0.238 e. The molecule has 0 radical (unpaired) electrons. The molecule has 124 valence electrons. The van der Waals surface area contributed by atoms with Gasteiger partial charge in [0.15, 0.2) is 0 Å². The molecule has 0 nitrogen and oxygen atoms in total. The number of rotatable bonds is 3. The van der Waals surface area contributed by atoms with Crippen molar-refractivity contribution in [3.05, 3.63) is 54.1 Å². The number of hydrogen-bond donors (Lipinski definition) is 0. The summed E-state index contributed by atoms with van der Waals surface area (Å²) in [4.78, 5) is 0. The number of benzene rings is 2. The van der Waals surface area contributed by atoms with E-state index in [1.807, 2.05) is 0 Å². The third kappa shape index (κ3) is 3.20. The summed E-state index contributed by atoms with van der Waals surface area (Å²) in [6, 6.07) is 18.4. The molecule has 0 saturated heterocycles. The molecule has 0 spiro atoms. The summed E-state index contributed by atoms with van der Waals surface area (Å²) in [6.45, 7) is 14.0. The monoisotopic (exact) mass is 334 g/mol. The van der Waals surface area contributed by atoms with E-state index in [1.165, 1.54) is 28.4 Å². The summed E-state index contributed by atoms with van der Waals surface area (Å²) in [5, 5.41) is 0.277. The molecule has 2 aromatic carbocycles. The second-order valence-electron chi connectivity index (χ2n) is 8.75. The van der Waals surface area contributed by atoms with Gasteiger partial charge in [0.25, 0.3) is 5.99 Å². The molecule has 0 bridgehead atoms. The first-order valence-corrected chi connectivity index (χ1v) is 10.0. The minimum absolute atomic E-state index is 0.257. The molecule has 1 aliphatic heterocycles. The molecule has 0 unspecified atom stereocenters. The van der Waals surface area contributed by atoms with Gasteiger partial charge in [0.05, 0.1) is 0 Å². The molecule has 0 N–H and O–H groups in total. The van der Waals surface area contributed by atoms with Crippen LogP contribution in [0.15, 0.2) is 48.5 Å². The van der Waals surface area contributed by atoms with Gasteiger partial charge >= 0.3 is 0 Å². The fourth-order valence-electron chi connectivity index (χ4n) is 3.51. The van der Waals surface area contributed by atoms with Crippen molar-refractivity contribution in [3.63, 3.8) is 0 Å². The van der Waals surface area contributed by atoms with E-state index in [4.69, 9.17) is 0 Å². The molecule has 2 aromatic rings. The van der Waals surface area contributed by atoms with Crippen LogP contribution in [0.4, 0.5) is 0 Å². The van der Waals surface area contributed by atoms with E-state index in [0.717, 1.165) is 0 Å². The maximum absolute atomic E-state index is 2.36. The molecule has 0 amide bonds.